The predicted molar refractivity (Wildman–Crippen MR) is 85.0 cm³/mol. The number of carbonyl (C=O) groups is 1. The summed E-state index contributed by atoms with van der Waals surface area (Å²) in [5, 5.41) is 11.0. The molecule has 0 bridgehead atoms. The summed E-state index contributed by atoms with van der Waals surface area (Å²) < 4.78 is 5.21. The van der Waals surface area contributed by atoms with E-state index in [-0.39, 0.29) is 12.3 Å². The monoisotopic (exact) mass is 314 g/mol. The number of rotatable bonds is 6. The van der Waals surface area contributed by atoms with Crippen molar-refractivity contribution in [3.63, 3.8) is 0 Å². The van der Waals surface area contributed by atoms with Crippen molar-refractivity contribution in [3.05, 3.63) is 70.0 Å². The second-order valence-corrected chi connectivity index (χ2v) is 5.39. The fourth-order valence-corrected chi connectivity index (χ4v) is 2.45. The Morgan fingerprint density at radius 2 is 2.00 bits per heavy atom. The highest BCUT2D eigenvalue weighted by Crippen LogP contribution is 2.32. The first-order chi connectivity index (χ1) is 11.0. The van der Waals surface area contributed by atoms with Crippen LogP contribution in [0.5, 0.6) is 0 Å². The van der Waals surface area contributed by atoms with E-state index in [1.807, 2.05) is 12.1 Å². The van der Waals surface area contributed by atoms with Crippen LogP contribution in [0.2, 0.25) is 0 Å². The van der Waals surface area contributed by atoms with Gasteiger partial charge in [0.2, 0.25) is 0 Å². The first kappa shape index (κ1) is 16.6. The minimum atomic E-state index is -1.01. The number of nitrogens with zero attached hydrogens (tertiary/aromatic N) is 2. The van der Waals surface area contributed by atoms with Crippen LogP contribution in [-0.2, 0) is 21.4 Å². The van der Waals surface area contributed by atoms with Crippen molar-refractivity contribution in [1.29, 1.82) is 0 Å². The molecule has 0 fully saturated rings. The number of non-ortho nitro benzene ring substituents is 1. The van der Waals surface area contributed by atoms with Crippen LogP contribution < -0.4 is 0 Å². The Hall–Kier alpha value is -2.76. The number of nitro benzene ring substituents is 1. The van der Waals surface area contributed by atoms with Crippen LogP contribution in [0, 0.1) is 10.1 Å². The van der Waals surface area contributed by atoms with Crippen LogP contribution in [0.15, 0.2) is 48.8 Å². The van der Waals surface area contributed by atoms with Gasteiger partial charge in [-0.25, -0.2) is 0 Å². The Morgan fingerprint density at radius 1 is 1.30 bits per heavy atom. The SMILES string of the molecule is CCOC(=O)C(C)(Cc1ccncc1)c1cccc([N+](=O)[O-])c1. The van der Waals surface area contributed by atoms with Crippen LogP contribution in [0.1, 0.15) is 25.0 Å². The van der Waals surface area contributed by atoms with E-state index in [1.165, 1.54) is 12.1 Å². The molecule has 6 nitrogen and oxygen atoms in total. The molecule has 0 amide bonds. The number of esters is 1. The fourth-order valence-electron chi connectivity index (χ4n) is 2.45. The van der Waals surface area contributed by atoms with Crippen molar-refractivity contribution in [1.82, 2.24) is 4.98 Å². The van der Waals surface area contributed by atoms with E-state index < -0.39 is 16.3 Å². The minimum absolute atomic E-state index is 0.0484. The fraction of sp³-hybridized carbons (Fsp3) is 0.294. The van der Waals surface area contributed by atoms with Crippen LogP contribution in [0.4, 0.5) is 5.69 Å². The molecule has 6 heteroatoms. The van der Waals surface area contributed by atoms with Crippen molar-refractivity contribution in [2.45, 2.75) is 25.7 Å². The third kappa shape index (κ3) is 3.71. The highest BCUT2D eigenvalue weighted by molar-refractivity contribution is 5.83. The molecule has 1 heterocycles. The standard InChI is InChI=1S/C17H18N2O4/c1-3-23-16(20)17(2,12-13-7-9-18-10-8-13)14-5-4-6-15(11-14)19(21)22/h4-11H,3,12H2,1-2H3. The van der Waals surface area contributed by atoms with Gasteiger partial charge >= 0.3 is 5.97 Å². The minimum Gasteiger partial charge on any atom is -0.465 e. The summed E-state index contributed by atoms with van der Waals surface area (Å²) in [6, 6.07) is 9.76. The molecular formula is C17H18N2O4. The molecule has 0 aliphatic carbocycles. The molecule has 2 rings (SSSR count). The van der Waals surface area contributed by atoms with Crippen molar-refractivity contribution in [3.8, 4) is 0 Å². The van der Waals surface area contributed by atoms with E-state index in [4.69, 9.17) is 4.74 Å². The number of ether oxygens (including phenoxy) is 1. The third-order valence-corrected chi connectivity index (χ3v) is 3.73. The maximum absolute atomic E-state index is 12.5. The van der Waals surface area contributed by atoms with Gasteiger partial charge in [0, 0.05) is 24.5 Å². The van der Waals surface area contributed by atoms with E-state index in [2.05, 4.69) is 4.98 Å². The first-order valence-corrected chi connectivity index (χ1v) is 7.28. The third-order valence-electron chi connectivity index (χ3n) is 3.73. The van der Waals surface area contributed by atoms with Gasteiger partial charge in [-0.05, 0) is 43.5 Å². The lowest BCUT2D eigenvalue weighted by atomic mass is 9.77. The summed E-state index contributed by atoms with van der Waals surface area (Å²) in [4.78, 5) is 27.0. The number of nitro groups is 1. The number of pyridine rings is 1. The van der Waals surface area contributed by atoms with Gasteiger partial charge in [0.15, 0.2) is 0 Å². The van der Waals surface area contributed by atoms with E-state index >= 15 is 0 Å². The summed E-state index contributed by atoms with van der Waals surface area (Å²) in [7, 11) is 0. The van der Waals surface area contributed by atoms with Crippen LogP contribution in [0.3, 0.4) is 0 Å². The molecule has 1 unspecified atom stereocenters. The molecule has 0 aliphatic heterocycles. The Kier molecular flexibility index (Phi) is 5.05. The number of carbonyl (C=O) groups excluding carboxylic acids is 1. The van der Waals surface area contributed by atoms with E-state index in [1.54, 1.807) is 38.4 Å². The molecule has 120 valence electrons. The number of benzene rings is 1. The maximum atomic E-state index is 12.5. The van der Waals surface area contributed by atoms with Gasteiger partial charge < -0.3 is 4.74 Å². The second-order valence-electron chi connectivity index (χ2n) is 5.39. The van der Waals surface area contributed by atoms with Crippen molar-refractivity contribution in [2.24, 2.45) is 0 Å². The quantitative estimate of drug-likeness (QED) is 0.465. The van der Waals surface area contributed by atoms with E-state index in [0.717, 1.165) is 5.56 Å². The molecule has 0 saturated heterocycles. The highest BCUT2D eigenvalue weighted by Gasteiger charge is 2.37. The zero-order valence-corrected chi connectivity index (χ0v) is 13.1. The van der Waals surface area contributed by atoms with Gasteiger partial charge in [-0.1, -0.05) is 12.1 Å². The molecule has 23 heavy (non-hydrogen) atoms. The topological polar surface area (TPSA) is 82.3 Å². The molecule has 0 aliphatic rings. The van der Waals surface area contributed by atoms with Gasteiger partial charge in [-0.2, -0.15) is 0 Å². The summed E-state index contributed by atoms with van der Waals surface area (Å²) in [5.41, 5.74) is 0.403. The molecule has 1 atom stereocenters. The van der Waals surface area contributed by atoms with Crippen LogP contribution >= 0.6 is 0 Å². The first-order valence-electron chi connectivity index (χ1n) is 7.28. The number of hydrogen-bond donors (Lipinski definition) is 0. The lowest BCUT2D eigenvalue weighted by Gasteiger charge is -2.27. The largest absolute Gasteiger partial charge is 0.465 e. The summed E-state index contributed by atoms with van der Waals surface area (Å²) in [6.07, 6.45) is 3.66. The number of hydrogen-bond acceptors (Lipinski definition) is 5. The zero-order valence-electron chi connectivity index (χ0n) is 13.1. The Bertz CT molecular complexity index is 703. The van der Waals surface area contributed by atoms with Crippen molar-refractivity contribution in [2.75, 3.05) is 6.61 Å². The van der Waals surface area contributed by atoms with Gasteiger partial charge in [-0.15, -0.1) is 0 Å². The highest BCUT2D eigenvalue weighted by atomic mass is 16.6. The van der Waals surface area contributed by atoms with E-state index in [0.29, 0.717) is 12.0 Å². The van der Waals surface area contributed by atoms with Crippen LogP contribution in [0.25, 0.3) is 0 Å². The molecule has 2 aromatic rings. The summed E-state index contributed by atoms with van der Waals surface area (Å²) in [5.74, 6) is -0.405. The smallest absolute Gasteiger partial charge is 0.316 e. The van der Waals surface area contributed by atoms with Crippen molar-refractivity contribution >= 4 is 11.7 Å². The molecule has 1 aromatic heterocycles. The molecule has 0 saturated carbocycles. The predicted octanol–water partition coefficient (Wildman–Crippen LogP) is 3.05. The molecular weight excluding hydrogens is 296 g/mol. The molecule has 0 N–H and O–H groups in total. The molecule has 1 aromatic carbocycles. The second kappa shape index (κ2) is 7.00. The maximum Gasteiger partial charge on any atom is 0.316 e. The summed E-state index contributed by atoms with van der Waals surface area (Å²) >= 11 is 0. The van der Waals surface area contributed by atoms with Gasteiger partial charge in [0.05, 0.1) is 16.9 Å². The average Bonchev–Trinajstić information content (AvgIpc) is 2.56. The number of aromatic nitrogens is 1. The van der Waals surface area contributed by atoms with Gasteiger partial charge in [0.25, 0.3) is 5.69 Å². The zero-order chi connectivity index (χ0) is 16.9. The lowest BCUT2D eigenvalue weighted by molar-refractivity contribution is -0.384. The summed E-state index contributed by atoms with van der Waals surface area (Å²) in [6.45, 7) is 3.72. The lowest BCUT2D eigenvalue weighted by Crippen LogP contribution is -2.36. The van der Waals surface area contributed by atoms with E-state index in [9.17, 15) is 14.9 Å². The molecule has 0 radical (unpaired) electrons. The van der Waals surface area contributed by atoms with Gasteiger partial charge in [-0.3, -0.25) is 19.9 Å². The average molecular weight is 314 g/mol. The van der Waals surface area contributed by atoms with Crippen LogP contribution in [-0.4, -0.2) is 22.5 Å². The normalized spacial score (nSPS) is 13.1. The van der Waals surface area contributed by atoms with Crippen molar-refractivity contribution < 1.29 is 14.5 Å². The van der Waals surface area contributed by atoms with Gasteiger partial charge in [0.1, 0.15) is 0 Å². The Balaban J connectivity index is 2.47. The molecule has 0 spiro atoms. The Labute approximate surface area is 134 Å². The Morgan fingerprint density at radius 3 is 2.61 bits per heavy atom.